The Labute approximate surface area is 831 Å². The number of likely N-dealkylation sites (N-methyl/N-ethyl adjacent to an activating group) is 3. The van der Waals surface area contributed by atoms with E-state index in [1.807, 2.05) is 129 Å². The Kier molecular flexibility index (Phi) is 194. The molecule has 0 spiro atoms. The maximum absolute atomic E-state index is 11.9. The number of carbonyl (C=O) groups excluding carboxylic acids is 6. The molecule has 2 unspecified atom stereocenters. The number of rotatable bonds is 4. The number of aryl methyl sites for hydroxylation is 1. The summed E-state index contributed by atoms with van der Waals surface area (Å²) in [4.78, 5) is 77.4. The van der Waals surface area contributed by atoms with Crippen LogP contribution in [0.15, 0.2) is 72.5 Å². The largest absolute Gasteiger partial charge is 0.534 e. The van der Waals surface area contributed by atoms with Gasteiger partial charge in [-0.15, -0.1) is 0 Å². The SMILES string of the molecule is C.C.CB(O)O.CC.CC.CC.CC.CC.CC.CC.CC1=CCCN(C)C1.CC1CCCN(C)C1.CC1CCCN(C)C1.CCC.CCC(=O)OC.CN1CCC=C(OS(=O)(=O)C(F)(F)F)C1.CN1CCCC(=O)C1.COC(C)=O.COC(C)=O.COC(C)=O.COC(C)=O.Cc1cccnc1.OB(O)c1cccnc1.[Pd].[Y].[Y].[Y].[Y]. The Morgan fingerprint density at radius 3 is 1.00 bits per heavy atom. The zero-order valence-electron chi connectivity index (χ0n) is 78.5. The van der Waals surface area contributed by atoms with Gasteiger partial charge in [-0.3, -0.25) is 48.5 Å². The summed E-state index contributed by atoms with van der Waals surface area (Å²) in [5.74, 6) is 0.947. The van der Waals surface area contributed by atoms with Crippen LogP contribution in [0.1, 0.15) is 251 Å². The fourth-order valence-electron chi connectivity index (χ4n) is 7.18. The van der Waals surface area contributed by atoms with Gasteiger partial charge in [-0.1, -0.05) is 177 Å². The number of carbonyl (C=O) groups is 6. The van der Waals surface area contributed by atoms with Gasteiger partial charge >= 0.3 is 59.7 Å². The van der Waals surface area contributed by atoms with Crippen LogP contribution < -0.4 is 5.46 Å². The van der Waals surface area contributed by atoms with Crippen LogP contribution in [0.2, 0.25) is 6.82 Å². The van der Waals surface area contributed by atoms with Crippen LogP contribution in [-0.4, -0.2) is 255 Å². The molecule has 3 fully saturated rings. The maximum atomic E-state index is 11.9. The number of Topliss-reactive ketones (excluding diaryl/α,β-unsaturated/α-hetero) is 1. The summed E-state index contributed by atoms with van der Waals surface area (Å²) in [5, 5.41) is 32.3. The quantitative estimate of drug-likeness (QED) is 0.0552. The van der Waals surface area contributed by atoms with Crippen molar-refractivity contribution in [2.24, 2.45) is 11.8 Å². The summed E-state index contributed by atoms with van der Waals surface area (Å²) in [5.41, 5.74) is -2.23. The Hall–Kier alpha value is -0.812. The van der Waals surface area contributed by atoms with E-state index >= 15 is 0 Å². The molecule has 0 aromatic carbocycles. The van der Waals surface area contributed by atoms with Crippen LogP contribution in [0.3, 0.4) is 0 Å². The van der Waals surface area contributed by atoms with E-state index in [9.17, 15) is 50.4 Å². The smallest absolute Gasteiger partial charge is 0.469 e. The molecule has 36 heteroatoms. The van der Waals surface area contributed by atoms with Crippen molar-refractivity contribution in [2.75, 3.05) is 136 Å². The van der Waals surface area contributed by atoms with Crippen LogP contribution in [-0.2, 0) is 218 Å². The first-order chi connectivity index (χ1) is 51.6. The van der Waals surface area contributed by atoms with Crippen molar-refractivity contribution in [3.05, 3.63) is 78.1 Å². The Morgan fingerprint density at radius 2 is 0.838 bits per heavy atom. The van der Waals surface area contributed by atoms with E-state index < -0.39 is 29.9 Å². The van der Waals surface area contributed by atoms with E-state index in [4.69, 9.17) is 20.1 Å². The number of hydrogen-bond acceptors (Lipinski definition) is 25. The minimum atomic E-state index is -5.52. The number of piperidine rings is 3. The van der Waals surface area contributed by atoms with Crippen molar-refractivity contribution >= 4 is 65.4 Å². The van der Waals surface area contributed by atoms with Crippen molar-refractivity contribution in [3.8, 4) is 0 Å². The molecule has 7 rings (SSSR count). The molecule has 0 amide bonds. The summed E-state index contributed by atoms with van der Waals surface area (Å²) < 4.78 is 81.7. The molecule has 0 aliphatic carbocycles. The second-order valence-electron chi connectivity index (χ2n) is 22.4. The first-order valence-electron chi connectivity index (χ1n) is 38.7. The minimum absolute atomic E-state index is 0. The van der Waals surface area contributed by atoms with Crippen LogP contribution in [0, 0.1) is 18.8 Å². The summed E-state index contributed by atoms with van der Waals surface area (Å²) in [6, 6.07) is 7.19. The van der Waals surface area contributed by atoms with Crippen molar-refractivity contribution in [3.63, 3.8) is 0 Å². The molecule has 7 heterocycles. The van der Waals surface area contributed by atoms with Crippen LogP contribution in [0.4, 0.5) is 13.2 Å². The third kappa shape index (κ3) is 163. The van der Waals surface area contributed by atoms with E-state index in [-0.39, 0.29) is 208 Å². The summed E-state index contributed by atoms with van der Waals surface area (Å²) >= 11 is 0. The predicted molar refractivity (Wildman–Crippen MR) is 467 cm³/mol. The number of pyridine rings is 2. The number of nitrogens with zero attached hydrogens (tertiary/aromatic N) is 7. The normalized spacial score (nSPS) is 13.8. The van der Waals surface area contributed by atoms with Gasteiger partial charge in [0.2, 0.25) is 0 Å². The number of likely N-dealkylation sites (tertiary alicyclic amines) is 3. The molecule has 0 saturated carbocycles. The zero-order chi connectivity index (χ0) is 89.8. The van der Waals surface area contributed by atoms with Crippen molar-refractivity contribution in [2.45, 2.75) is 264 Å². The van der Waals surface area contributed by atoms with Gasteiger partial charge < -0.3 is 62.7 Å². The van der Waals surface area contributed by atoms with E-state index in [0.717, 1.165) is 31.2 Å². The topological polar surface area (TPSA) is 315 Å². The Morgan fingerprint density at radius 1 is 0.530 bits per heavy atom. The van der Waals surface area contributed by atoms with E-state index in [1.165, 1.54) is 171 Å². The van der Waals surface area contributed by atoms with Gasteiger partial charge in [-0.05, 0) is 156 Å². The van der Waals surface area contributed by atoms with E-state index in [1.54, 1.807) is 43.4 Å². The number of halogens is 3. The average Bonchev–Trinajstić information content (AvgIpc) is 0.825. The number of ketones is 1. The summed E-state index contributed by atoms with van der Waals surface area (Å²) in [7, 11) is 8.91. The zero-order valence-corrected chi connectivity index (χ0v) is 92.3. The van der Waals surface area contributed by atoms with Crippen molar-refractivity contribution in [1.29, 1.82) is 0 Å². The maximum Gasteiger partial charge on any atom is 0.534 e. The van der Waals surface area contributed by atoms with Gasteiger partial charge in [0.1, 0.15) is 11.5 Å². The average molecular weight is 2110 g/mol. The van der Waals surface area contributed by atoms with Crippen LogP contribution >= 0.6 is 0 Å². The molecule has 0 bridgehead atoms. The first-order valence-corrected chi connectivity index (χ1v) is 40.1. The van der Waals surface area contributed by atoms with Gasteiger partial charge in [0, 0.05) is 255 Å². The van der Waals surface area contributed by atoms with Gasteiger partial charge in [-0.25, -0.2) is 0 Å². The van der Waals surface area contributed by atoms with Gasteiger partial charge in [0.15, 0.2) is 0 Å². The Balaban J connectivity index is -0.0000000445. The van der Waals surface area contributed by atoms with E-state index in [0.29, 0.717) is 37.2 Å². The van der Waals surface area contributed by atoms with Gasteiger partial charge in [-0.2, -0.15) is 21.6 Å². The second-order valence-corrected chi connectivity index (χ2v) is 23.9. The van der Waals surface area contributed by atoms with Gasteiger partial charge in [0.25, 0.3) is 0 Å². The standard InChI is InChI=1S/C7H10F3NO3S.2C7H15N.C7H13N.C6H11NO.C6H7N.C5H6BNO2.C4H8O2.4C3H6O2.C3H8.7C2H6.CH5BO2.2CH4.Pd.4Y/c1-11-4-2-3-6(5-11)14-15(12,13)7(8,9)10;3*1-7-4-3-5-8(2)6-7;1-7-4-2-3-6(8)5-7;1-6-3-2-4-7-5-6;8-6(9)5-2-1-3-7-4-5;1-3-4(5)6-2;4*1-3(4)5-2;1-3-2;7*1-2;1-2(3)4;;;;;;;/h3H,2,4-5H2,1H3;2*7H,3-6H2,1-2H3;4H,3,5-6H2,1-2H3;2-5H2,1H3;2-5H,1H3;1-4,8-9H;3H2,1-2H3;4*1-2H3;3H2,1-2H3;7*1-2H3;3-4H,1H3;2*1H4;;;;;. The fraction of sp³-hybridized carbons (Fsp3) is 0.753. The molecule has 5 aliphatic rings. The third-order valence-corrected chi connectivity index (χ3v) is 13.0. The molecule has 4 N–H and O–H groups in total. The molecular weight excluding hydrogens is 1930 g/mol. The second kappa shape index (κ2) is 133. The number of alkyl halides is 3. The molecule has 25 nitrogen and oxygen atoms in total. The molecule has 2 atom stereocenters. The minimum Gasteiger partial charge on any atom is -0.469 e. The number of hydrogen-bond donors (Lipinski definition) is 4. The predicted octanol–water partition coefficient (Wildman–Crippen LogP) is 15.7. The van der Waals surface area contributed by atoms with Crippen molar-refractivity contribution in [1.82, 2.24) is 34.5 Å². The summed E-state index contributed by atoms with van der Waals surface area (Å²) in [6.07, 6.45) is 21.2. The summed E-state index contributed by atoms with van der Waals surface area (Å²) in [6.45, 7) is 59.7. The molecular formula is C81H172B2F3N7O18PdSY4. The number of esters is 5. The molecule has 3 saturated heterocycles. The third-order valence-electron chi connectivity index (χ3n) is 12.0. The fourth-order valence-corrected chi connectivity index (χ4v) is 7.68. The van der Waals surface area contributed by atoms with Gasteiger partial charge in [0.05, 0.1) is 48.6 Å². The van der Waals surface area contributed by atoms with Crippen molar-refractivity contribution < 1.29 is 250 Å². The molecule has 2 aromatic heterocycles. The van der Waals surface area contributed by atoms with Crippen LogP contribution in [0.25, 0.3) is 0 Å². The monoisotopic (exact) mass is 2100 g/mol. The molecule has 5 aliphatic heterocycles. The van der Waals surface area contributed by atoms with E-state index in [2.05, 4.69) is 119 Å². The van der Waals surface area contributed by atoms with Crippen LogP contribution in [0.5, 0.6) is 0 Å². The molecule has 117 heavy (non-hydrogen) atoms. The first kappa shape index (κ1) is 170. The molecule has 2 aromatic rings. The molecule has 4 radical (unpaired) electrons. The Bertz CT molecular complexity index is 2350. The number of ether oxygens (including phenoxy) is 5. The number of aromatic nitrogens is 2. The molecule has 694 valence electrons. The number of methoxy groups -OCH3 is 5.